The number of carbonyl (C=O) groups is 2. The zero-order valence-electron chi connectivity index (χ0n) is 20.6. The van der Waals surface area contributed by atoms with Gasteiger partial charge in [0.15, 0.2) is 17.1 Å². The average molecular weight is 546 g/mol. The van der Waals surface area contributed by atoms with Gasteiger partial charge in [-0.1, -0.05) is 30.3 Å². The van der Waals surface area contributed by atoms with Gasteiger partial charge in [0.2, 0.25) is 5.91 Å². The molecular weight excluding hydrogens is 521 g/mol. The van der Waals surface area contributed by atoms with E-state index in [0.717, 1.165) is 6.08 Å². The Bertz CT molecular complexity index is 1430. The van der Waals surface area contributed by atoms with Gasteiger partial charge in [-0.3, -0.25) is 9.59 Å². The summed E-state index contributed by atoms with van der Waals surface area (Å²) in [6.07, 6.45) is -6.45. The molecule has 0 unspecified atom stereocenters. The number of aliphatic hydroxyl groups excluding tert-OH is 2. The summed E-state index contributed by atoms with van der Waals surface area (Å²) < 4.78 is 58.2. The average Bonchev–Trinajstić information content (AvgIpc) is 3.52. The van der Waals surface area contributed by atoms with E-state index in [-0.39, 0.29) is 30.1 Å². The normalized spacial score (nSPS) is 21.9. The van der Waals surface area contributed by atoms with Crippen LogP contribution >= 0.6 is 0 Å². The quantitative estimate of drug-likeness (QED) is 0.417. The maximum atomic E-state index is 13.8. The van der Waals surface area contributed by atoms with Crippen molar-refractivity contribution in [1.82, 2.24) is 10.2 Å². The highest BCUT2D eigenvalue weighted by Gasteiger charge is 2.52. The van der Waals surface area contributed by atoms with E-state index in [2.05, 4.69) is 5.32 Å². The highest BCUT2D eigenvalue weighted by Crippen LogP contribution is 2.47. The minimum absolute atomic E-state index is 0.0138. The maximum Gasteiger partial charge on any atom is 0.406 e. The summed E-state index contributed by atoms with van der Waals surface area (Å²) in [6.45, 7) is -2.19. The smallest absolute Gasteiger partial charge is 0.406 e. The number of halogens is 3. The van der Waals surface area contributed by atoms with Gasteiger partial charge in [-0.25, -0.2) is 0 Å². The first-order valence-corrected chi connectivity index (χ1v) is 12.1. The van der Waals surface area contributed by atoms with Crippen molar-refractivity contribution < 1.29 is 46.9 Å². The lowest BCUT2D eigenvalue weighted by Gasteiger charge is -2.40. The fourth-order valence-corrected chi connectivity index (χ4v) is 5.14. The Hall–Kier alpha value is -4.03. The van der Waals surface area contributed by atoms with Crippen molar-refractivity contribution in [3.63, 3.8) is 0 Å². The number of nitrogens with zero attached hydrogens (tertiary/aromatic N) is 1. The fourth-order valence-electron chi connectivity index (χ4n) is 5.14. The molecule has 0 radical (unpaired) electrons. The molecule has 3 aromatic rings. The van der Waals surface area contributed by atoms with Crippen LogP contribution in [-0.4, -0.2) is 78.2 Å². The molecule has 1 aromatic heterocycles. The number of alkyl halides is 3. The molecule has 39 heavy (non-hydrogen) atoms. The first-order valence-electron chi connectivity index (χ1n) is 12.1. The summed E-state index contributed by atoms with van der Waals surface area (Å²) in [5, 5.41) is 23.4. The Balaban J connectivity index is 1.59. The molecule has 5 rings (SSSR count). The number of para-hydroxylation sites is 2. The lowest BCUT2D eigenvalue weighted by Crippen LogP contribution is -2.57. The van der Waals surface area contributed by atoms with Crippen LogP contribution in [0.25, 0.3) is 11.0 Å². The van der Waals surface area contributed by atoms with Crippen molar-refractivity contribution in [2.75, 3.05) is 26.8 Å². The predicted octanol–water partition coefficient (Wildman–Crippen LogP) is 2.77. The molecule has 4 atom stereocenters. The van der Waals surface area contributed by atoms with Crippen molar-refractivity contribution in [3.05, 3.63) is 71.5 Å². The highest BCUT2D eigenvalue weighted by atomic mass is 19.4. The van der Waals surface area contributed by atoms with E-state index in [1.807, 2.05) is 0 Å². The second-order valence-electron chi connectivity index (χ2n) is 9.22. The number of rotatable bonds is 7. The molecule has 2 aliphatic rings. The zero-order valence-corrected chi connectivity index (χ0v) is 20.6. The predicted molar refractivity (Wildman–Crippen MR) is 131 cm³/mol. The fraction of sp³-hybridized carbons (Fsp3) is 0.333. The number of amides is 2. The van der Waals surface area contributed by atoms with E-state index in [9.17, 15) is 27.9 Å². The van der Waals surface area contributed by atoms with Crippen molar-refractivity contribution in [3.8, 4) is 11.5 Å². The van der Waals surface area contributed by atoms with E-state index in [1.54, 1.807) is 42.5 Å². The number of hydrogen-bond acceptors (Lipinski definition) is 7. The van der Waals surface area contributed by atoms with Gasteiger partial charge >= 0.3 is 6.18 Å². The molecule has 2 heterocycles. The minimum atomic E-state index is -4.84. The Labute approximate surface area is 220 Å². The molecular formula is C27H25F3N2O7. The topological polar surface area (TPSA) is 121 Å². The number of methoxy groups -OCH3 is 1. The molecule has 0 spiro atoms. The second kappa shape index (κ2) is 10.3. The van der Waals surface area contributed by atoms with E-state index in [1.165, 1.54) is 13.2 Å². The van der Waals surface area contributed by atoms with Gasteiger partial charge in [0, 0.05) is 23.1 Å². The molecule has 0 saturated heterocycles. The van der Waals surface area contributed by atoms with Gasteiger partial charge in [-0.15, -0.1) is 0 Å². The molecule has 12 heteroatoms. The molecule has 1 aliphatic carbocycles. The van der Waals surface area contributed by atoms with E-state index < -0.39 is 54.5 Å². The van der Waals surface area contributed by atoms with Crippen LogP contribution in [0.5, 0.6) is 11.5 Å². The van der Waals surface area contributed by atoms with Gasteiger partial charge in [0.25, 0.3) is 5.91 Å². The number of hydrogen-bond donors (Lipinski definition) is 3. The van der Waals surface area contributed by atoms with Gasteiger partial charge in [0.1, 0.15) is 24.5 Å². The molecule has 206 valence electrons. The number of aliphatic hydroxyl groups is 2. The standard InChI is InChI=1S/C27H25F3N2O7/c1-37-19-8-4-5-14-11-20(39-23(14)19)26(36)32(13-27(28,29)30)17-12-16(25(35)31-9-10-33)21-15-6-2-3-7-18(15)38-24(21)22(17)34/h2-8,11-12,17,21-22,24,33-34H,9-10,13H2,1H3,(H,31,35)/t17-,21+,22+,24+/m1/s1. The van der Waals surface area contributed by atoms with Crippen molar-refractivity contribution in [1.29, 1.82) is 0 Å². The van der Waals surface area contributed by atoms with Crippen LogP contribution in [-0.2, 0) is 4.79 Å². The maximum absolute atomic E-state index is 13.8. The monoisotopic (exact) mass is 546 g/mol. The summed E-state index contributed by atoms with van der Waals surface area (Å²) in [7, 11) is 1.39. The summed E-state index contributed by atoms with van der Waals surface area (Å²) >= 11 is 0. The number of furan rings is 1. The Morgan fingerprint density at radius 3 is 2.64 bits per heavy atom. The second-order valence-corrected chi connectivity index (χ2v) is 9.22. The van der Waals surface area contributed by atoms with E-state index >= 15 is 0 Å². The van der Waals surface area contributed by atoms with Crippen LogP contribution in [0.3, 0.4) is 0 Å². The largest absolute Gasteiger partial charge is 0.493 e. The lowest BCUT2D eigenvalue weighted by atomic mass is 9.77. The van der Waals surface area contributed by atoms with Gasteiger partial charge in [-0.05, 0) is 24.3 Å². The minimum Gasteiger partial charge on any atom is -0.493 e. The van der Waals surface area contributed by atoms with Crippen molar-refractivity contribution in [2.45, 2.75) is 30.3 Å². The van der Waals surface area contributed by atoms with Crippen LogP contribution in [0.1, 0.15) is 22.0 Å². The third-order valence-electron chi connectivity index (χ3n) is 6.79. The molecule has 1 aliphatic heterocycles. The molecule has 0 saturated carbocycles. The summed E-state index contributed by atoms with van der Waals surface area (Å²) in [6, 6.07) is 11.2. The van der Waals surface area contributed by atoms with Crippen LogP contribution < -0.4 is 14.8 Å². The molecule has 3 N–H and O–H groups in total. The summed E-state index contributed by atoms with van der Waals surface area (Å²) in [5.41, 5.74) is 0.761. The van der Waals surface area contributed by atoms with Crippen LogP contribution in [0.2, 0.25) is 0 Å². The first kappa shape index (κ1) is 26.6. The number of ether oxygens (including phenoxy) is 2. The van der Waals surface area contributed by atoms with Gasteiger partial charge in [-0.2, -0.15) is 13.2 Å². The zero-order chi connectivity index (χ0) is 27.9. The van der Waals surface area contributed by atoms with E-state index in [0.29, 0.717) is 21.6 Å². The molecule has 9 nitrogen and oxygen atoms in total. The molecule has 2 aromatic carbocycles. The molecule has 2 amide bonds. The van der Waals surface area contributed by atoms with E-state index in [4.69, 9.17) is 19.0 Å². The third-order valence-corrected chi connectivity index (χ3v) is 6.79. The highest BCUT2D eigenvalue weighted by molar-refractivity contribution is 5.99. The van der Waals surface area contributed by atoms with Gasteiger partial charge in [0.05, 0.1) is 25.7 Å². The third kappa shape index (κ3) is 4.92. The number of carbonyl (C=O) groups excluding carboxylic acids is 2. The van der Waals surface area contributed by atoms with Crippen LogP contribution in [0.15, 0.2) is 64.6 Å². The van der Waals surface area contributed by atoms with Crippen molar-refractivity contribution >= 4 is 22.8 Å². The molecule has 0 bridgehead atoms. The summed E-state index contributed by atoms with van der Waals surface area (Å²) in [4.78, 5) is 27.1. The van der Waals surface area contributed by atoms with Gasteiger partial charge < -0.3 is 34.3 Å². The first-order chi connectivity index (χ1) is 18.6. The molecule has 0 fully saturated rings. The number of benzene rings is 2. The van der Waals surface area contributed by atoms with Crippen molar-refractivity contribution in [2.24, 2.45) is 0 Å². The Kier molecular flexibility index (Phi) is 7.00. The Morgan fingerprint density at radius 1 is 1.15 bits per heavy atom. The summed E-state index contributed by atoms with van der Waals surface area (Å²) in [5.74, 6) is -2.35. The van der Waals surface area contributed by atoms with Crippen LogP contribution in [0, 0.1) is 0 Å². The number of fused-ring (bicyclic) bond motifs is 4. The lowest BCUT2D eigenvalue weighted by molar-refractivity contribution is -0.149. The van der Waals surface area contributed by atoms with Crippen LogP contribution in [0.4, 0.5) is 13.2 Å². The Morgan fingerprint density at radius 2 is 1.92 bits per heavy atom. The SMILES string of the molecule is COc1cccc2cc(C(=O)N(CC(F)(F)F)[C@@H]3C=C(C(=O)NCCO)[C@@H]4c5ccccc5O[C@@H]4[C@H]3O)oc12. The number of nitrogens with one attached hydrogen (secondary N) is 1.